The first-order chi connectivity index (χ1) is 5.92. The zero-order chi connectivity index (χ0) is 8.39. The molecule has 1 aromatic rings. The summed E-state index contributed by atoms with van der Waals surface area (Å²) in [6, 6.07) is 10.6. The van der Waals surface area contributed by atoms with Gasteiger partial charge in [-0.3, -0.25) is 11.3 Å². The van der Waals surface area contributed by atoms with E-state index in [1.807, 2.05) is 0 Å². The first kappa shape index (κ1) is 7.77. The van der Waals surface area contributed by atoms with Crippen LogP contribution in [0.5, 0.6) is 0 Å². The summed E-state index contributed by atoms with van der Waals surface area (Å²) in [5.41, 5.74) is 4.19. The van der Waals surface area contributed by atoms with Gasteiger partial charge in [-0.1, -0.05) is 30.3 Å². The van der Waals surface area contributed by atoms with E-state index in [0.717, 1.165) is 18.4 Å². The maximum atomic E-state index is 5.26. The molecule has 0 heterocycles. The Bertz CT molecular complexity index is 245. The van der Waals surface area contributed by atoms with Crippen LogP contribution in [0.1, 0.15) is 17.9 Å². The highest BCUT2D eigenvalue weighted by atomic mass is 15.2. The molecular formula is C10H14N2. The molecule has 0 amide bonds. The average molecular weight is 162 g/mol. The molecule has 1 fully saturated rings. The Morgan fingerprint density at radius 2 is 2.08 bits per heavy atom. The van der Waals surface area contributed by atoms with Crippen LogP contribution in [0.4, 0.5) is 0 Å². The summed E-state index contributed by atoms with van der Waals surface area (Å²) in [6.45, 7) is 0.944. The van der Waals surface area contributed by atoms with Gasteiger partial charge in [0.1, 0.15) is 0 Å². The zero-order valence-electron chi connectivity index (χ0n) is 7.03. The number of hydrazine groups is 1. The van der Waals surface area contributed by atoms with Gasteiger partial charge in [-0.05, 0) is 23.8 Å². The van der Waals surface area contributed by atoms with Crippen molar-refractivity contribution in [3.8, 4) is 0 Å². The molecule has 3 N–H and O–H groups in total. The van der Waals surface area contributed by atoms with E-state index in [9.17, 15) is 0 Å². The number of rotatable bonds is 3. The Balaban J connectivity index is 1.97. The Kier molecular flexibility index (Phi) is 2.11. The molecule has 0 spiro atoms. The minimum Gasteiger partial charge on any atom is -0.271 e. The summed E-state index contributed by atoms with van der Waals surface area (Å²) in [6.07, 6.45) is 1.29. The van der Waals surface area contributed by atoms with Gasteiger partial charge in [0.25, 0.3) is 0 Å². The van der Waals surface area contributed by atoms with Crippen molar-refractivity contribution in [2.45, 2.75) is 12.3 Å². The molecule has 0 aromatic heterocycles. The van der Waals surface area contributed by atoms with E-state index in [2.05, 4.69) is 35.8 Å². The lowest BCUT2D eigenvalue weighted by Gasteiger charge is -1.98. The van der Waals surface area contributed by atoms with Gasteiger partial charge in [0.2, 0.25) is 0 Å². The van der Waals surface area contributed by atoms with Crippen molar-refractivity contribution < 1.29 is 0 Å². The van der Waals surface area contributed by atoms with E-state index >= 15 is 0 Å². The van der Waals surface area contributed by atoms with Crippen molar-refractivity contribution in [2.75, 3.05) is 6.54 Å². The molecule has 2 nitrogen and oxygen atoms in total. The molecule has 1 aliphatic rings. The van der Waals surface area contributed by atoms with Crippen LogP contribution in [0, 0.1) is 5.92 Å². The molecule has 12 heavy (non-hydrogen) atoms. The SMILES string of the molecule is NNCC1CC1c1ccccc1. The maximum Gasteiger partial charge on any atom is 0.0132 e. The highest BCUT2D eigenvalue weighted by Gasteiger charge is 2.37. The van der Waals surface area contributed by atoms with Gasteiger partial charge in [-0.2, -0.15) is 0 Å². The van der Waals surface area contributed by atoms with Crippen LogP contribution in [0.2, 0.25) is 0 Å². The van der Waals surface area contributed by atoms with Gasteiger partial charge >= 0.3 is 0 Å². The van der Waals surface area contributed by atoms with Crippen LogP contribution < -0.4 is 11.3 Å². The molecule has 1 aliphatic carbocycles. The van der Waals surface area contributed by atoms with E-state index in [-0.39, 0.29) is 0 Å². The van der Waals surface area contributed by atoms with E-state index in [4.69, 9.17) is 5.84 Å². The highest BCUT2D eigenvalue weighted by molar-refractivity contribution is 5.25. The molecule has 0 aliphatic heterocycles. The second-order valence-electron chi connectivity index (χ2n) is 3.42. The molecule has 64 valence electrons. The third kappa shape index (κ3) is 1.49. The summed E-state index contributed by atoms with van der Waals surface area (Å²) >= 11 is 0. The Labute approximate surface area is 72.7 Å². The summed E-state index contributed by atoms with van der Waals surface area (Å²) in [5.74, 6) is 6.77. The molecule has 0 saturated heterocycles. The van der Waals surface area contributed by atoms with Crippen LogP contribution in [0.3, 0.4) is 0 Å². The maximum absolute atomic E-state index is 5.26. The third-order valence-corrected chi connectivity index (χ3v) is 2.53. The van der Waals surface area contributed by atoms with E-state index in [1.54, 1.807) is 0 Å². The first-order valence-corrected chi connectivity index (χ1v) is 4.40. The standard InChI is InChI=1S/C10H14N2/c11-12-7-9-6-10(9)8-4-2-1-3-5-8/h1-5,9-10,12H,6-7,11H2. The fourth-order valence-electron chi connectivity index (χ4n) is 1.73. The van der Waals surface area contributed by atoms with Gasteiger partial charge in [-0.15, -0.1) is 0 Å². The van der Waals surface area contributed by atoms with Crippen LogP contribution in [-0.2, 0) is 0 Å². The molecular weight excluding hydrogens is 148 g/mol. The monoisotopic (exact) mass is 162 g/mol. The Morgan fingerprint density at radius 1 is 1.33 bits per heavy atom. The molecule has 1 saturated carbocycles. The minimum absolute atomic E-state index is 0.752. The van der Waals surface area contributed by atoms with E-state index < -0.39 is 0 Å². The predicted molar refractivity (Wildman–Crippen MR) is 49.5 cm³/mol. The average Bonchev–Trinajstić information content (AvgIpc) is 2.87. The zero-order valence-corrected chi connectivity index (χ0v) is 7.03. The topological polar surface area (TPSA) is 38.0 Å². The highest BCUT2D eigenvalue weighted by Crippen LogP contribution is 2.46. The first-order valence-electron chi connectivity index (χ1n) is 4.40. The number of nitrogens with two attached hydrogens (primary N) is 1. The lowest BCUT2D eigenvalue weighted by molar-refractivity contribution is 0.655. The van der Waals surface area contributed by atoms with Crippen molar-refractivity contribution in [1.82, 2.24) is 5.43 Å². The van der Waals surface area contributed by atoms with Crippen molar-refractivity contribution in [3.05, 3.63) is 35.9 Å². The number of hydrogen-bond acceptors (Lipinski definition) is 2. The van der Waals surface area contributed by atoms with Gasteiger partial charge in [0.05, 0.1) is 0 Å². The summed E-state index contributed by atoms with van der Waals surface area (Å²) < 4.78 is 0. The van der Waals surface area contributed by atoms with Gasteiger partial charge in [-0.25, -0.2) is 0 Å². The molecule has 2 atom stereocenters. The largest absolute Gasteiger partial charge is 0.271 e. The second kappa shape index (κ2) is 3.25. The van der Waals surface area contributed by atoms with E-state index in [0.29, 0.717) is 0 Å². The molecule has 0 radical (unpaired) electrons. The second-order valence-corrected chi connectivity index (χ2v) is 3.42. The molecule has 2 rings (SSSR count). The predicted octanol–water partition coefficient (Wildman–Crippen LogP) is 1.25. The summed E-state index contributed by atoms with van der Waals surface area (Å²) in [5, 5.41) is 0. The minimum atomic E-state index is 0.752. The normalized spacial score (nSPS) is 27.1. The van der Waals surface area contributed by atoms with E-state index in [1.165, 1.54) is 12.0 Å². The molecule has 0 bridgehead atoms. The Morgan fingerprint density at radius 3 is 2.75 bits per heavy atom. The molecule has 1 aromatic carbocycles. The van der Waals surface area contributed by atoms with Crippen molar-refractivity contribution in [2.24, 2.45) is 11.8 Å². The van der Waals surface area contributed by atoms with Crippen molar-refractivity contribution in [3.63, 3.8) is 0 Å². The fraction of sp³-hybridized carbons (Fsp3) is 0.400. The summed E-state index contributed by atoms with van der Waals surface area (Å²) in [7, 11) is 0. The van der Waals surface area contributed by atoms with Gasteiger partial charge in [0.15, 0.2) is 0 Å². The lowest BCUT2D eigenvalue weighted by atomic mass is 10.1. The quantitative estimate of drug-likeness (QED) is 0.518. The fourth-order valence-corrected chi connectivity index (χ4v) is 1.73. The van der Waals surface area contributed by atoms with Crippen LogP contribution in [0.15, 0.2) is 30.3 Å². The third-order valence-electron chi connectivity index (χ3n) is 2.53. The number of nitrogens with one attached hydrogen (secondary N) is 1. The summed E-state index contributed by atoms with van der Waals surface area (Å²) in [4.78, 5) is 0. The smallest absolute Gasteiger partial charge is 0.0132 e. The van der Waals surface area contributed by atoms with Crippen molar-refractivity contribution >= 4 is 0 Å². The van der Waals surface area contributed by atoms with Crippen LogP contribution in [-0.4, -0.2) is 6.54 Å². The number of hydrogen-bond donors (Lipinski definition) is 2. The Hall–Kier alpha value is -0.860. The van der Waals surface area contributed by atoms with Gasteiger partial charge in [0, 0.05) is 6.54 Å². The molecule has 2 unspecified atom stereocenters. The van der Waals surface area contributed by atoms with Crippen LogP contribution in [0.25, 0.3) is 0 Å². The van der Waals surface area contributed by atoms with Gasteiger partial charge < -0.3 is 0 Å². The lowest BCUT2D eigenvalue weighted by Crippen LogP contribution is -2.24. The van der Waals surface area contributed by atoms with Crippen molar-refractivity contribution in [1.29, 1.82) is 0 Å². The van der Waals surface area contributed by atoms with Crippen LogP contribution >= 0.6 is 0 Å². The molecule has 2 heteroatoms. The number of benzene rings is 1.